The summed E-state index contributed by atoms with van der Waals surface area (Å²) in [6, 6.07) is 0. The van der Waals surface area contributed by atoms with Crippen molar-refractivity contribution in [2.45, 2.75) is 111 Å². The van der Waals surface area contributed by atoms with Crippen LogP contribution in [0.4, 0.5) is 11.8 Å². The van der Waals surface area contributed by atoms with Crippen molar-refractivity contribution >= 4 is 49.7 Å². The third kappa shape index (κ3) is 16.5. The Labute approximate surface area is 402 Å². The number of phosphoric acid groups is 2. The van der Waals surface area contributed by atoms with E-state index in [1.807, 2.05) is 0 Å². The number of ether oxygens (including phenoxy) is 3. The van der Waals surface area contributed by atoms with Crippen LogP contribution < -0.4 is 16.6 Å². The Morgan fingerprint density at radius 1 is 0.710 bits per heavy atom. The van der Waals surface area contributed by atoms with Gasteiger partial charge in [0.05, 0.1) is 25.9 Å². The van der Waals surface area contributed by atoms with E-state index in [9.17, 15) is 38.8 Å². The van der Waals surface area contributed by atoms with E-state index >= 15 is 0 Å². The molecule has 6 rings (SSSR count). The Kier molecular flexibility index (Phi) is 24.6. The van der Waals surface area contributed by atoms with Crippen molar-refractivity contribution in [3.05, 3.63) is 29.3 Å². The fourth-order valence-electron chi connectivity index (χ4n) is 7.43. The SMILES string of the molecule is CCN(CC)CC.CCN(CC)CC.CCN(CC)CC.CNc1ncnc2c1ncn2[C@@H]1O[C@H](COP(=O)(O)O)[C@@H](OP(=O)(O)OC[C@H]2O[C@@H](n3cnc4c(=O)[nH]c(N)nc43)[C@H](O)[C@@H]2O)[C@H]1OC. The lowest BCUT2D eigenvalue weighted by Crippen LogP contribution is -2.38. The average molecular weight is 1020 g/mol. The number of aromatic amines is 1. The van der Waals surface area contributed by atoms with Gasteiger partial charge in [-0.15, -0.1) is 0 Å². The largest absolute Gasteiger partial charge is 0.472 e. The van der Waals surface area contributed by atoms with Crippen molar-refractivity contribution in [3.63, 3.8) is 0 Å². The molecule has 2 fully saturated rings. The maximum Gasteiger partial charge on any atom is 0.472 e. The lowest BCUT2D eigenvalue weighted by atomic mass is 10.1. The van der Waals surface area contributed by atoms with Gasteiger partial charge >= 0.3 is 15.6 Å². The minimum atomic E-state index is -5.13. The number of anilines is 2. The molecule has 0 spiro atoms. The highest BCUT2D eigenvalue weighted by atomic mass is 31.2. The number of nitrogen functional groups attached to an aromatic ring is 1. The summed E-state index contributed by atoms with van der Waals surface area (Å²) in [5, 5.41) is 24.2. The Hall–Kier alpha value is -3.60. The number of methoxy groups -OCH3 is 1. The molecule has 0 amide bonds. The van der Waals surface area contributed by atoms with Crippen LogP contribution in [-0.4, -0.2) is 202 Å². The third-order valence-corrected chi connectivity index (χ3v) is 13.0. The van der Waals surface area contributed by atoms with Gasteiger partial charge in [-0.05, 0) is 58.9 Å². The molecule has 1 unspecified atom stereocenters. The van der Waals surface area contributed by atoms with Crippen LogP contribution in [0.15, 0.2) is 23.8 Å². The number of aliphatic hydroxyl groups is 2. The van der Waals surface area contributed by atoms with Gasteiger partial charge in [-0.3, -0.25) is 32.5 Å². The maximum atomic E-state index is 13.3. The predicted molar refractivity (Wildman–Crippen MR) is 257 cm³/mol. The molecule has 0 aliphatic carbocycles. The molecule has 2 aliphatic rings. The number of imidazole rings is 2. The van der Waals surface area contributed by atoms with Gasteiger partial charge in [0, 0.05) is 14.2 Å². The van der Waals surface area contributed by atoms with Crippen molar-refractivity contribution in [2.24, 2.45) is 0 Å². The first-order valence-corrected chi connectivity index (χ1v) is 26.1. The van der Waals surface area contributed by atoms with E-state index in [0.29, 0.717) is 11.3 Å². The predicted octanol–water partition coefficient (Wildman–Crippen LogP) is 1.77. The third-order valence-electron chi connectivity index (χ3n) is 11.6. The van der Waals surface area contributed by atoms with Crippen molar-refractivity contribution in [2.75, 3.05) is 97.3 Å². The molecule has 0 aromatic carbocycles. The molecule has 2 saturated heterocycles. The number of hydrogen-bond acceptors (Lipinski definition) is 21. The fraction of sp³-hybridized carbons (Fsp3) is 0.750. The highest BCUT2D eigenvalue weighted by Gasteiger charge is 2.52. The molecule has 0 saturated carbocycles. The molecule has 2 aliphatic heterocycles. The molecule has 4 aromatic heterocycles. The number of hydrogen-bond donors (Lipinski definition) is 8. The maximum absolute atomic E-state index is 13.3. The van der Waals surface area contributed by atoms with E-state index in [0.717, 1.165) is 10.9 Å². The van der Waals surface area contributed by atoms with Crippen LogP contribution in [0.5, 0.6) is 0 Å². The quantitative estimate of drug-likeness (QED) is 0.0551. The van der Waals surface area contributed by atoms with E-state index in [2.05, 4.69) is 117 Å². The molecule has 29 heteroatoms. The number of aromatic nitrogens is 8. The number of nitrogens with zero attached hydrogens (tertiary/aromatic N) is 10. The standard InChI is InChI=1S/C22H30N10O14P2.3C6H15N/c1-24-16-10-17(26-5-25-16)31(6-27-10)21-15(41-2)14(9(45-21)4-42-47(36,37)38)46-48(39,40)43-3-8-12(33)13(34)20(44-8)32-7-28-11-18(32)29-22(23)30-19(11)35;3*1-4-7(5-2)6-3/h5-9,12-15,20-21,33-34H,3-4H2,1-2H3,(H,39,40)(H,24,25,26)(H2,36,37,38)(H3,23,29,30,35);3*4-6H2,1-3H3/t8-,9-,12-,13-,14-,15-,20-,21-;;;/m1.../s1. The van der Waals surface area contributed by atoms with E-state index in [1.54, 1.807) is 7.05 Å². The molecule has 9 N–H and O–H groups in total. The minimum Gasteiger partial charge on any atom is -0.387 e. The van der Waals surface area contributed by atoms with E-state index in [1.165, 1.54) is 83.2 Å². The van der Waals surface area contributed by atoms with Gasteiger partial charge in [0.2, 0.25) is 5.95 Å². The molecule has 4 aromatic rings. The summed E-state index contributed by atoms with van der Waals surface area (Å²) in [6.45, 7) is 28.8. The van der Waals surface area contributed by atoms with Crippen molar-refractivity contribution < 1.29 is 61.8 Å². The van der Waals surface area contributed by atoms with Gasteiger partial charge in [0.15, 0.2) is 35.1 Å². The minimum absolute atomic E-state index is 0.0606. The van der Waals surface area contributed by atoms with Gasteiger partial charge in [-0.25, -0.2) is 29.1 Å². The second-order valence-electron chi connectivity index (χ2n) is 15.4. The first kappa shape index (κ1) is 59.7. The number of H-pyrrole nitrogens is 1. The van der Waals surface area contributed by atoms with E-state index < -0.39 is 83.5 Å². The topological polar surface area (TPSA) is 346 Å². The smallest absolute Gasteiger partial charge is 0.387 e. The summed E-state index contributed by atoms with van der Waals surface area (Å²) >= 11 is 0. The lowest BCUT2D eigenvalue weighted by molar-refractivity contribution is -0.0582. The molecule has 69 heavy (non-hydrogen) atoms. The monoisotopic (exact) mass is 1020 g/mol. The van der Waals surface area contributed by atoms with Gasteiger partial charge < -0.3 is 64.9 Å². The first-order valence-electron chi connectivity index (χ1n) is 23.1. The zero-order chi connectivity index (χ0) is 51.6. The fourth-order valence-corrected chi connectivity index (χ4v) is 8.73. The Bertz CT molecular complexity index is 2230. The van der Waals surface area contributed by atoms with Gasteiger partial charge in [-0.2, -0.15) is 4.98 Å². The zero-order valence-electron chi connectivity index (χ0n) is 41.5. The van der Waals surface area contributed by atoms with Crippen molar-refractivity contribution in [1.82, 2.24) is 53.7 Å². The number of rotatable bonds is 21. The number of nitrogens with two attached hydrogens (primary N) is 1. The number of fused-ring (bicyclic) bond motifs is 2. The molecule has 394 valence electrons. The molecule has 9 atom stereocenters. The second-order valence-corrected chi connectivity index (χ2v) is 18.0. The molecule has 0 bridgehead atoms. The molecule has 6 heterocycles. The Morgan fingerprint density at radius 2 is 1.20 bits per heavy atom. The molecular weight excluding hydrogens is 948 g/mol. The van der Waals surface area contributed by atoms with Crippen molar-refractivity contribution in [1.29, 1.82) is 0 Å². The van der Waals surface area contributed by atoms with Crippen molar-refractivity contribution in [3.8, 4) is 0 Å². The van der Waals surface area contributed by atoms with Crippen LogP contribution in [0.3, 0.4) is 0 Å². The molecule has 0 radical (unpaired) electrons. The van der Waals surface area contributed by atoms with Crippen LogP contribution in [-0.2, 0) is 36.9 Å². The molecular formula is C40H75N13O14P2. The highest BCUT2D eigenvalue weighted by Crippen LogP contribution is 2.50. The van der Waals surface area contributed by atoms with Gasteiger partial charge in [0.1, 0.15) is 48.5 Å². The van der Waals surface area contributed by atoms with Gasteiger partial charge in [0.25, 0.3) is 5.56 Å². The lowest BCUT2D eigenvalue weighted by Gasteiger charge is -2.26. The summed E-state index contributed by atoms with van der Waals surface area (Å²) in [5.74, 6) is 0.141. The second kappa shape index (κ2) is 28.4. The van der Waals surface area contributed by atoms with Crippen LogP contribution in [0.2, 0.25) is 0 Å². The Morgan fingerprint density at radius 3 is 1.68 bits per heavy atom. The summed E-state index contributed by atoms with van der Waals surface area (Å²) in [6.07, 6.45) is -7.74. The first-order chi connectivity index (χ1) is 32.7. The normalized spacial score (nSPS) is 23.4. The average Bonchev–Trinajstić information content (AvgIpc) is 4.10. The summed E-state index contributed by atoms with van der Waals surface area (Å²) in [5.41, 5.74) is 5.37. The van der Waals surface area contributed by atoms with E-state index in [-0.39, 0.29) is 22.8 Å². The number of phosphoric ester groups is 2. The van der Waals surface area contributed by atoms with Crippen LogP contribution >= 0.6 is 15.6 Å². The van der Waals surface area contributed by atoms with Crippen LogP contribution in [0.1, 0.15) is 74.8 Å². The van der Waals surface area contributed by atoms with Crippen LogP contribution in [0.25, 0.3) is 22.3 Å². The summed E-state index contributed by atoms with van der Waals surface area (Å²) in [4.78, 5) is 71.4. The molecule has 27 nitrogen and oxygen atoms in total. The summed E-state index contributed by atoms with van der Waals surface area (Å²) < 4.78 is 59.6. The highest BCUT2D eigenvalue weighted by molar-refractivity contribution is 7.47. The Balaban J connectivity index is 0.000000500. The summed E-state index contributed by atoms with van der Waals surface area (Å²) in [7, 11) is -7.30. The van der Waals surface area contributed by atoms with Crippen LogP contribution in [0, 0.1) is 0 Å². The zero-order valence-corrected chi connectivity index (χ0v) is 43.3. The number of nitrogens with one attached hydrogen (secondary N) is 2. The van der Waals surface area contributed by atoms with Gasteiger partial charge in [-0.1, -0.05) is 62.3 Å². The number of aliphatic hydroxyl groups excluding tert-OH is 2. The van der Waals surface area contributed by atoms with E-state index in [4.69, 9.17) is 29.0 Å².